The van der Waals surface area contributed by atoms with Crippen LogP contribution in [0.15, 0.2) is 16.9 Å². The van der Waals surface area contributed by atoms with Gasteiger partial charge in [0.2, 0.25) is 5.91 Å². The molecule has 0 radical (unpaired) electrons. The Balaban J connectivity index is 1.38. The molecule has 6 nitrogen and oxygen atoms in total. The first kappa shape index (κ1) is 20.2. The number of hydrogen-bond acceptors (Lipinski definition) is 3. The van der Waals surface area contributed by atoms with Crippen LogP contribution in [-0.2, 0) is 0 Å². The number of aromatic amines is 2. The van der Waals surface area contributed by atoms with Gasteiger partial charge in [-0.3, -0.25) is 4.79 Å². The third kappa shape index (κ3) is 4.58. The highest BCUT2D eigenvalue weighted by Crippen LogP contribution is 2.37. The molecule has 2 fully saturated rings. The van der Waals surface area contributed by atoms with Crippen LogP contribution in [0.25, 0.3) is 11.0 Å². The van der Waals surface area contributed by atoms with E-state index in [4.69, 9.17) is 5.73 Å². The lowest BCUT2D eigenvalue weighted by Crippen LogP contribution is -2.42. The van der Waals surface area contributed by atoms with Crippen molar-refractivity contribution in [3.63, 3.8) is 0 Å². The van der Waals surface area contributed by atoms with Crippen molar-refractivity contribution in [3.8, 4) is 0 Å². The maximum Gasteiger partial charge on any atom is 0.323 e. The molecule has 0 unspecified atom stereocenters. The highest BCUT2D eigenvalue weighted by molar-refractivity contribution is 5.98. The molecule has 0 spiro atoms. The second-order valence-electron chi connectivity index (χ2n) is 9.15. The summed E-state index contributed by atoms with van der Waals surface area (Å²) >= 11 is 0. The summed E-state index contributed by atoms with van der Waals surface area (Å²) in [5.41, 5.74) is 8.31. The summed E-state index contributed by atoms with van der Waals surface area (Å²) in [6, 6.07) is 4.92. The molecular weight excluding hydrogens is 364 g/mol. The highest BCUT2D eigenvalue weighted by Gasteiger charge is 2.28. The van der Waals surface area contributed by atoms with Crippen molar-refractivity contribution >= 4 is 16.9 Å². The molecule has 4 rings (SSSR count). The smallest absolute Gasteiger partial charge is 0.323 e. The standard InChI is InChI=1S/C23H34N4O2/c1-2-3-14-4-8-16(9-5-14)25-17-10-6-15(7-11-17)18-12-20-21(27-23(29)26-20)13-19(18)22(24)28/h12-17,25H,2-11H2,1H3,(H2,24,28)(H2,26,27,29). The maximum absolute atomic E-state index is 12.0. The lowest BCUT2D eigenvalue weighted by molar-refractivity contribution is 0.0998. The summed E-state index contributed by atoms with van der Waals surface area (Å²) < 4.78 is 0. The van der Waals surface area contributed by atoms with Crippen LogP contribution in [-0.4, -0.2) is 28.0 Å². The summed E-state index contributed by atoms with van der Waals surface area (Å²) in [4.78, 5) is 29.2. The number of H-pyrrole nitrogens is 2. The monoisotopic (exact) mass is 398 g/mol. The maximum atomic E-state index is 12.0. The predicted octanol–water partition coefficient (Wildman–Crippen LogP) is 3.93. The molecule has 0 bridgehead atoms. The van der Waals surface area contributed by atoms with Crippen LogP contribution >= 0.6 is 0 Å². The summed E-state index contributed by atoms with van der Waals surface area (Å²) in [5.74, 6) is 0.836. The van der Waals surface area contributed by atoms with Crippen LogP contribution in [0.1, 0.15) is 93.0 Å². The molecule has 158 valence electrons. The second-order valence-corrected chi connectivity index (χ2v) is 9.15. The summed E-state index contributed by atoms with van der Waals surface area (Å²) in [7, 11) is 0. The van der Waals surface area contributed by atoms with E-state index in [1.54, 1.807) is 6.07 Å². The minimum absolute atomic E-state index is 0.255. The Morgan fingerprint density at radius 1 is 1.00 bits per heavy atom. The molecule has 1 aromatic carbocycles. The van der Waals surface area contributed by atoms with Crippen molar-refractivity contribution in [1.82, 2.24) is 15.3 Å². The van der Waals surface area contributed by atoms with Crippen molar-refractivity contribution in [2.75, 3.05) is 0 Å². The first-order valence-electron chi connectivity index (χ1n) is 11.3. The third-order valence-corrected chi connectivity index (χ3v) is 7.13. The Morgan fingerprint density at radius 3 is 2.17 bits per heavy atom. The van der Waals surface area contributed by atoms with Gasteiger partial charge in [0.15, 0.2) is 0 Å². The number of carbonyl (C=O) groups is 1. The van der Waals surface area contributed by atoms with Crippen LogP contribution in [0.4, 0.5) is 0 Å². The van der Waals surface area contributed by atoms with Crippen molar-refractivity contribution in [3.05, 3.63) is 33.7 Å². The van der Waals surface area contributed by atoms with Gasteiger partial charge in [-0.25, -0.2) is 4.79 Å². The van der Waals surface area contributed by atoms with E-state index in [9.17, 15) is 9.59 Å². The van der Waals surface area contributed by atoms with Gasteiger partial charge in [-0.1, -0.05) is 19.8 Å². The van der Waals surface area contributed by atoms with Gasteiger partial charge in [-0.05, 0) is 80.9 Å². The minimum atomic E-state index is -0.423. The summed E-state index contributed by atoms with van der Waals surface area (Å²) in [6.45, 7) is 2.29. The highest BCUT2D eigenvalue weighted by atomic mass is 16.1. The number of amides is 1. The number of imidazole rings is 1. The van der Waals surface area contributed by atoms with E-state index in [1.807, 2.05) is 6.07 Å². The molecule has 29 heavy (non-hydrogen) atoms. The molecule has 2 aromatic rings. The van der Waals surface area contributed by atoms with E-state index in [0.717, 1.165) is 42.7 Å². The zero-order valence-electron chi connectivity index (χ0n) is 17.4. The van der Waals surface area contributed by atoms with E-state index in [2.05, 4.69) is 22.2 Å². The fraction of sp³-hybridized carbons (Fsp3) is 0.652. The Labute approximate surface area is 172 Å². The number of hydrogen-bond donors (Lipinski definition) is 4. The number of nitrogens with two attached hydrogens (primary N) is 1. The summed E-state index contributed by atoms with van der Waals surface area (Å²) in [5, 5.41) is 3.92. The zero-order valence-corrected chi connectivity index (χ0v) is 17.4. The van der Waals surface area contributed by atoms with Gasteiger partial charge in [0.25, 0.3) is 0 Å². The van der Waals surface area contributed by atoms with Gasteiger partial charge in [-0.2, -0.15) is 0 Å². The number of carbonyl (C=O) groups excluding carboxylic acids is 1. The van der Waals surface area contributed by atoms with Crippen LogP contribution in [0.5, 0.6) is 0 Å². The van der Waals surface area contributed by atoms with E-state index in [1.165, 1.54) is 38.5 Å². The predicted molar refractivity (Wildman–Crippen MR) is 116 cm³/mol. The molecule has 0 atom stereocenters. The molecule has 5 N–H and O–H groups in total. The average molecular weight is 399 g/mol. The van der Waals surface area contributed by atoms with Crippen molar-refractivity contribution in [1.29, 1.82) is 0 Å². The molecule has 2 aliphatic carbocycles. The molecule has 1 aromatic heterocycles. The van der Waals surface area contributed by atoms with Gasteiger partial charge in [0.05, 0.1) is 11.0 Å². The minimum Gasteiger partial charge on any atom is -0.366 e. The van der Waals surface area contributed by atoms with Gasteiger partial charge in [0.1, 0.15) is 0 Å². The van der Waals surface area contributed by atoms with Gasteiger partial charge >= 0.3 is 5.69 Å². The largest absolute Gasteiger partial charge is 0.366 e. The SMILES string of the molecule is CCCC1CCC(NC2CCC(c3cc4[nH]c(=O)[nH]c4cc3C(N)=O)CC2)CC1. The van der Waals surface area contributed by atoms with E-state index >= 15 is 0 Å². The van der Waals surface area contributed by atoms with Crippen LogP contribution in [0.3, 0.4) is 0 Å². The number of nitrogens with one attached hydrogen (secondary N) is 3. The van der Waals surface area contributed by atoms with Crippen LogP contribution in [0, 0.1) is 5.92 Å². The van der Waals surface area contributed by atoms with Gasteiger partial charge in [-0.15, -0.1) is 0 Å². The van der Waals surface area contributed by atoms with Crippen molar-refractivity contribution in [2.45, 2.75) is 89.1 Å². The fourth-order valence-corrected chi connectivity index (χ4v) is 5.58. The first-order chi connectivity index (χ1) is 14.0. The van der Waals surface area contributed by atoms with Crippen molar-refractivity contribution < 1.29 is 4.79 Å². The molecule has 0 saturated heterocycles. The Bertz CT molecular complexity index is 899. The van der Waals surface area contributed by atoms with Crippen LogP contribution < -0.4 is 16.7 Å². The molecule has 1 amide bonds. The first-order valence-corrected chi connectivity index (χ1v) is 11.3. The number of benzene rings is 1. The quantitative estimate of drug-likeness (QED) is 0.592. The molecule has 0 aliphatic heterocycles. The zero-order chi connectivity index (χ0) is 20.4. The normalized spacial score (nSPS) is 27.9. The van der Waals surface area contributed by atoms with Crippen molar-refractivity contribution in [2.24, 2.45) is 11.7 Å². The van der Waals surface area contributed by atoms with Gasteiger partial charge in [0, 0.05) is 17.6 Å². The number of aromatic nitrogens is 2. The molecule has 2 saturated carbocycles. The lowest BCUT2D eigenvalue weighted by atomic mass is 9.78. The van der Waals surface area contributed by atoms with E-state index in [-0.39, 0.29) is 5.69 Å². The Hall–Kier alpha value is -2.08. The second kappa shape index (κ2) is 8.74. The number of primary amides is 1. The van der Waals surface area contributed by atoms with E-state index < -0.39 is 5.91 Å². The molecule has 2 aliphatic rings. The summed E-state index contributed by atoms with van der Waals surface area (Å²) in [6.07, 6.45) is 12.4. The van der Waals surface area contributed by atoms with E-state index in [0.29, 0.717) is 29.1 Å². The Morgan fingerprint density at radius 2 is 1.59 bits per heavy atom. The fourth-order valence-electron chi connectivity index (χ4n) is 5.58. The number of fused-ring (bicyclic) bond motifs is 1. The average Bonchev–Trinajstić information content (AvgIpc) is 3.08. The third-order valence-electron chi connectivity index (χ3n) is 7.13. The topological polar surface area (TPSA) is 104 Å². The number of rotatable bonds is 6. The van der Waals surface area contributed by atoms with Gasteiger partial charge < -0.3 is 21.0 Å². The molecule has 1 heterocycles. The van der Waals surface area contributed by atoms with Crippen LogP contribution in [0.2, 0.25) is 0 Å². The molecular formula is C23H34N4O2. The lowest BCUT2D eigenvalue weighted by Gasteiger charge is -2.36. The Kier molecular flexibility index (Phi) is 6.09. The molecule has 6 heteroatoms.